The molecule has 2 heterocycles. The Kier molecular flexibility index (Phi) is 2.65. The molecule has 0 radical (unpaired) electrons. The van der Waals surface area contributed by atoms with Crippen molar-refractivity contribution < 1.29 is 0 Å². The van der Waals surface area contributed by atoms with Crippen LogP contribution in [0.3, 0.4) is 0 Å². The van der Waals surface area contributed by atoms with Crippen LogP contribution in [0.2, 0.25) is 0 Å². The highest BCUT2D eigenvalue weighted by atomic mass is 35.5. The van der Waals surface area contributed by atoms with Crippen molar-refractivity contribution in [1.29, 1.82) is 0 Å². The summed E-state index contributed by atoms with van der Waals surface area (Å²) in [5.41, 5.74) is 3.46. The minimum Gasteiger partial charge on any atom is -0.286 e. The first-order chi connectivity index (χ1) is 8.31. The molecule has 3 rings (SSSR count). The van der Waals surface area contributed by atoms with Gasteiger partial charge in [-0.25, -0.2) is 4.98 Å². The number of thiazole rings is 1. The van der Waals surface area contributed by atoms with Gasteiger partial charge in [0.15, 0.2) is 4.96 Å². The smallest absolute Gasteiger partial charge is 0.194 e. The number of hydrogen-bond donors (Lipinski definition) is 0. The number of halogens is 1. The van der Waals surface area contributed by atoms with Crippen LogP contribution in [-0.2, 0) is 5.88 Å². The zero-order valence-corrected chi connectivity index (χ0v) is 10.9. The molecule has 86 valence electrons. The van der Waals surface area contributed by atoms with Crippen LogP contribution in [0.1, 0.15) is 10.6 Å². The molecule has 1 aromatic carbocycles. The number of rotatable bonds is 2. The van der Waals surface area contributed by atoms with E-state index < -0.39 is 0 Å². The second-order valence-electron chi connectivity index (χ2n) is 3.87. The van der Waals surface area contributed by atoms with Gasteiger partial charge in [0.2, 0.25) is 0 Å². The number of nitrogens with zero attached hydrogens (tertiary/aromatic N) is 2. The fourth-order valence-electron chi connectivity index (χ4n) is 2.04. The van der Waals surface area contributed by atoms with Crippen molar-refractivity contribution in [3.63, 3.8) is 0 Å². The van der Waals surface area contributed by atoms with Crippen molar-refractivity contribution in [2.45, 2.75) is 12.8 Å². The highest BCUT2D eigenvalue weighted by molar-refractivity contribution is 7.17. The van der Waals surface area contributed by atoms with Gasteiger partial charge in [-0.15, -0.1) is 22.9 Å². The highest BCUT2D eigenvalue weighted by Crippen LogP contribution is 2.32. The minimum absolute atomic E-state index is 0.483. The lowest BCUT2D eigenvalue weighted by Gasteiger charge is -2.03. The van der Waals surface area contributed by atoms with Crippen molar-refractivity contribution >= 4 is 27.9 Å². The van der Waals surface area contributed by atoms with Gasteiger partial charge in [0.05, 0.1) is 23.5 Å². The van der Waals surface area contributed by atoms with E-state index in [4.69, 9.17) is 11.6 Å². The molecule has 0 bridgehead atoms. The Bertz CT molecular complexity index is 655. The van der Waals surface area contributed by atoms with Gasteiger partial charge in [-0.05, 0) is 12.5 Å². The normalized spacial score (nSPS) is 11.2. The standard InChI is InChI=1S/C13H11ClN2S/c1-9-12(10-5-3-2-4-6-10)16-11(7-14)8-15-13(16)17-9/h2-6,8H,7H2,1H3. The van der Waals surface area contributed by atoms with Crippen LogP contribution >= 0.6 is 22.9 Å². The van der Waals surface area contributed by atoms with Gasteiger partial charge in [0, 0.05) is 4.88 Å². The van der Waals surface area contributed by atoms with Gasteiger partial charge in [-0.1, -0.05) is 30.3 Å². The molecule has 0 saturated heterocycles. The van der Waals surface area contributed by atoms with Crippen molar-refractivity contribution in [2.24, 2.45) is 0 Å². The predicted molar refractivity (Wildman–Crippen MR) is 72.8 cm³/mol. The number of hydrogen-bond acceptors (Lipinski definition) is 2. The first-order valence-electron chi connectivity index (χ1n) is 5.38. The molecule has 17 heavy (non-hydrogen) atoms. The Morgan fingerprint density at radius 1 is 1.29 bits per heavy atom. The Morgan fingerprint density at radius 3 is 2.76 bits per heavy atom. The van der Waals surface area contributed by atoms with Gasteiger partial charge in [0.1, 0.15) is 0 Å². The maximum Gasteiger partial charge on any atom is 0.194 e. The Hall–Kier alpha value is -1.32. The lowest BCUT2D eigenvalue weighted by Crippen LogP contribution is -1.91. The van der Waals surface area contributed by atoms with E-state index in [1.807, 2.05) is 12.3 Å². The highest BCUT2D eigenvalue weighted by Gasteiger charge is 2.14. The summed E-state index contributed by atoms with van der Waals surface area (Å²) < 4.78 is 2.16. The molecule has 0 aliphatic rings. The van der Waals surface area contributed by atoms with E-state index in [1.54, 1.807) is 11.3 Å². The molecule has 0 aliphatic carbocycles. The van der Waals surface area contributed by atoms with Gasteiger partial charge in [0.25, 0.3) is 0 Å². The quantitative estimate of drug-likeness (QED) is 0.636. The summed E-state index contributed by atoms with van der Waals surface area (Å²) in [4.78, 5) is 6.67. The monoisotopic (exact) mass is 262 g/mol. The van der Waals surface area contributed by atoms with Crippen molar-refractivity contribution in [3.8, 4) is 11.3 Å². The molecule has 0 saturated carbocycles. The molecule has 2 aromatic heterocycles. The van der Waals surface area contributed by atoms with Gasteiger partial charge in [-0.2, -0.15) is 0 Å². The second-order valence-corrected chi connectivity index (χ2v) is 5.32. The molecule has 0 amide bonds. The summed E-state index contributed by atoms with van der Waals surface area (Å²) in [5, 5.41) is 0. The fraction of sp³-hybridized carbons (Fsp3) is 0.154. The molecule has 0 unspecified atom stereocenters. The van der Waals surface area contributed by atoms with E-state index in [2.05, 4.69) is 40.6 Å². The molecular weight excluding hydrogens is 252 g/mol. The lowest BCUT2D eigenvalue weighted by atomic mass is 10.1. The topological polar surface area (TPSA) is 17.3 Å². The summed E-state index contributed by atoms with van der Waals surface area (Å²) in [6.45, 7) is 2.12. The van der Waals surface area contributed by atoms with E-state index in [0.717, 1.165) is 10.7 Å². The third kappa shape index (κ3) is 1.66. The van der Waals surface area contributed by atoms with Crippen LogP contribution in [0, 0.1) is 6.92 Å². The molecule has 0 N–H and O–H groups in total. The average molecular weight is 263 g/mol. The van der Waals surface area contributed by atoms with Crippen molar-refractivity contribution in [2.75, 3.05) is 0 Å². The number of aromatic nitrogens is 2. The first-order valence-corrected chi connectivity index (χ1v) is 6.73. The number of fused-ring (bicyclic) bond motifs is 1. The van der Waals surface area contributed by atoms with Crippen LogP contribution < -0.4 is 0 Å². The van der Waals surface area contributed by atoms with Crippen LogP contribution in [0.4, 0.5) is 0 Å². The summed E-state index contributed by atoms with van der Waals surface area (Å²) in [7, 11) is 0. The van der Waals surface area contributed by atoms with Crippen molar-refractivity contribution in [1.82, 2.24) is 9.38 Å². The van der Waals surface area contributed by atoms with E-state index >= 15 is 0 Å². The number of benzene rings is 1. The summed E-state index contributed by atoms with van der Waals surface area (Å²) >= 11 is 7.66. The molecular formula is C13H11ClN2S. The molecule has 2 nitrogen and oxygen atoms in total. The second kappa shape index (κ2) is 4.17. The van der Waals surface area contributed by atoms with Crippen LogP contribution in [0.15, 0.2) is 36.5 Å². The molecule has 0 fully saturated rings. The van der Waals surface area contributed by atoms with E-state index in [-0.39, 0.29) is 0 Å². The summed E-state index contributed by atoms with van der Waals surface area (Å²) in [6, 6.07) is 10.4. The maximum absolute atomic E-state index is 5.96. The third-order valence-electron chi connectivity index (χ3n) is 2.79. The fourth-order valence-corrected chi connectivity index (χ4v) is 3.22. The number of aryl methyl sites for hydroxylation is 1. The maximum atomic E-state index is 5.96. The zero-order valence-electron chi connectivity index (χ0n) is 9.35. The predicted octanol–water partition coefficient (Wildman–Crippen LogP) is 4.11. The third-order valence-corrected chi connectivity index (χ3v) is 4.03. The number of imidazole rings is 1. The molecule has 4 heteroatoms. The van der Waals surface area contributed by atoms with E-state index in [1.165, 1.54) is 16.1 Å². The van der Waals surface area contributed by atoms with E-state index in [9.17, 15) is 0 Å². The largest absolute Gasteiger partial charge is 0.286 e. The van der Waals surface area contributed by atoms with Gasteiger partial charge >= 0.3 is 0 Å². The molecule has 0 spiro atoms. The van der Waals surface area contributed by atoms with Crippen LogP contribution in [-0.4, -0.2) is 9.38 Å². The lowest BCUT2D eigenvalue weighted by molar-refractivity contribution is 1.11. The Labute approximate surface area is 108 Å². The molecule has 3 aromatic rings. The summed E-state index contributed by atoms with van der Waals surface area (Å²) in [6.07, 6.45) is 1.85. The first kappa shape index (κ1) is 10.8. The molecule has 0 aliphatic heterocycles. The van der Waals surface area contributed by atoms with Crippen LogP contribution in [0.5, 0.6) is 0 Å². The minimum atomic E-state index is 0.483. The van der Waals surface area contributed by atoms with Crippen molar-refractivity contribution in [3.05, 3.63) is 47.1 Å². The van der Waals surface area contributed by atoms with E-state index in [0.29, 0.717) is 5.88 Å². The summed E-state index contributed by atoms with van der Waals surface area (Å²) in [5.74, 6) is 0.483. The van der Waals surface area contributed by atoms with Crippen LogP contribution in [0.25, 0.3) is 16.2 Å². The zero-order chi connectivity index (χ0) is 11.8. The number of alkyl halides is 1. The van der Waals surface area contributed by atoms with Gasteiger partial charge < -0.3 is 0 Å². The Morgan fingerprint density at radius 2 is 2.06 bits per heavy atom. The SMILES string of the molecule is Cc1sc2ncc(CCl)n2c1-c1ccccc1. The molecule has 0 atom stereocenters. The Balaban J connectivity index is 2.34. The van der Waals surface area contributed by atoms with Gasteiger partial charge in [-0.3, -0.25) is 4.40 Å². The average Bonchev–Trinajstić information content (AvgIpc) is 2.87.